The zero-order valence-electron chi connectivity index (χ0n) is 18.1. The SMILES string of the molecule is CC(C)(C)C1CCCCC1NC(=O)C1CCN(S(=O)(=O)Cc2ccccc2)CC1. The van der Waals surface area contributed by atoms with E-state index in [1.54, 1.807) is 4.31 Å². The van der Waals surface area contributed by atoms with Crippen LogP contribution in [0.4, 0.5) is 0 Å². The van der Waals surface area contributed by atoms with E-state index in [2.05, 4.69) is 26.1 Å². The summed E-state index contributed by atoms with van der Waals surface area (Å²) in [5, 5.41) is 3.33. The molecule has 0 radical (unpaired) electrons. The van der Waals surface area contributed by atoms with Crippen LogP contribution >= 0.6 is 0 Å². The summed E-state index contributed by atoms with van der Waals surface area (Å²) < 4.78 is 27.0. The van der Waals surface area contributed by atoms with E-state index in [4.69, 9.17) is 0 Å². The topological polar surface area (TPSA) is 66.5 Å². The Morgan fingerprint density at radius 2 is 1.66 bits per heavy atom. The van der Waals surface area contributed by atoms with Crippen molar-refractivity contribution in [3.05, 3.63) is 35.9 Å². The Balaban J connectivity index is 1.54. The van der Waals surface area contributed by atoms with E-state index >= 15 is 0 Å². The van der Waals surface area contributed by atoms with Gasteiger partial charge in [-0.15, -0.1) is 0 Å². The maximum atomic E-state index is 12.9. The average Bonchev–Trinajstić information content (AvgIpc) is 2.68. The van der Waals surface area contributed by atoms with E-state index in [1.165, 1.54) is 19.3 Å². The lowest BCUT2D eigenvalue weighted by Crippen LogP contribution is -2.50. The molecule has 6 heteroatoms. The van der Waals surface area contributed by atoms with Crippen LogP contribution in [0.1, 0.15) is 64.9 Å². The number of rotatable bonds is 5. The van der Waals surface area contributed by atoms with Gasteiger partial charge in [-0.25, -0.2) is 12.7 Å². The van der Waals surface area contributed by atoms with Crippen molar-refractivity contribution in [2.45, 2.75) is 71.1 Å². The Kier molecular flexibility index (Phi) is 7.05. The molecule has 1 saturated carbocycles. The maximum Gasteiger partial charge on any atom is 0.223 e. The first-order chi connectivity index (χ1) is 13.7. The molecule has 1 N–H and O–H groups in total. The Morgan fingerprint density at radius 1 is 1.03 bits per heavy atom. The van der Waals surface area contributed by atoms with E-state index in [-0.39, 0.29) is 29.0 Å². The van der Waals surface area contributed by atoms with Crippen LogP contribution in [0.3, 0.4) is 0 Å². The number of nitrogens with one attached hydrogen (secondary N) is 1. The van der Waals surface area contributed by atoms with Gasteiger partial charge in [0.05, 0.1) is 5.75 Å². The summed E-state index contributed by atoms with van der Waals surface area (Å²) in [6.07, 6.45) is 5.85. The third-order valence-electron chi connectivity index (χ3n) is 6.62. The molecule has 1 aromatic carbocycles. The Bertz CT molecular complexity index is 778. The van der Waals surface area contributed by atoms with Crippen molar-refractivity contribution in [1.29, 1.82) is 0 Å². The van der Waals surface area contributed by atoms with Crippen LogP contribution in [0.5, 0.6) is 0 Å². The molecule has 2 unspecified atom stereocenters. The fourth-order valence-electron chi connectivity index (χ4n) is 4.91. The first-order valence-electron chi connectivity index (χ1n) is 11.0. The molecule has 2 fully saturated rings. The van der Waals surface area contributed by atoms with Crippen LogP contribution < -0.4 is 5.32 Å². The van der Waals surface area contributed by atoms with Gasteiger partial charge >= 0.3 is 0 Å². The first kappa shape index (κ1) is 22.3. The van der Waals surface area contributed by atoms with Crippen LogP contribution in [-0.4, -0.2) is 37.8 Å². The maximum absolute atomic E-state index is 12.9. The van der Waals surface area contributed by atoms with Gasteiger partial charge in [-0.2, -0.15) is 0 Å². The van der Waals surface area contributed by atoms with Gasteiger partial charge in [0, 0.05) is 25.0 Å². The molecular formula is C23H36N2O3S. The summed E-state index contributed by atoms with van der Waals surface area (Å²) in [5.41, 5.74) is 0.991. The third-order valence-corrected chi connectivity index (χ3v) is 8.47. The number of hydrogen-bond donors (Lipinski definition) is 1. The molecule has 162 valence electrons. The summed E-state index contributed by atoms with van der Waals surface area (Å²) >= 11 is 0. The highest BCUT2D eigenvalue weighted by atomic mass is 32.2. The predicted octanol–water partition coefficient (Wildman–Crippen LogP) is 3.95. The van der Waals surface area contributed by atoms with Gasteiger partial charge in [0.25, 0.3) is 0 Å². The quantitative estimate of drug-likeness (QED) is 0.784. The molecule has 0 bridgehead atoms. The lowest BCUT2D eigenvalue weighted by molar-refractivity contribution is -0.127. The average molecular weight is 421 g/mol. The largest absolute Gasteiger partial charge is 0.353 e. The second kappa shape index (κ2) is 9.17. The van der Waals surface area contributed by atoms with E-state index in [1.807, 2.05) is 30.3 Å². The van der Waals surface area contributed by atoms with Gasteiger partial charge in [0.1, 0.15) is 0 Å². The van der Waals surface area contributed by atoms with E-state index < -0.39 is 10.0 Å². The fraction of sp³-hybridized carbons (Fsp3) is 0.696. The highest BCUT2D eigenvalue weighted by Gasteiger charge is 2.37. The van der Waals surface area contributed by atoms with Crippen LogP contribution in [0.15, 0.2) is 30.3 Å². The lowest BCUT2D eigenvalue weighted by atomic mass is 9.69. The molecular weight excluding hydrogens is 384 g/mol. The van der Waals surface area contributed by atoms with Crippen molar-refractivity contribution in [1.82, 2.24) is 9.62 Å². The minimum absolute atomic E-state index is 0.0278. The molecule has 3 rings (SSSR count). The summed E-state index contributed by atoms with van der Waals surface area (Å²) in [6.45, 7) is 7.65. The highest BCUT2D eigenvalue weighted by molar-refractivity contribution is 7.88. The van der Waals surface area contributed by atoms with Crippen LogP contribution in [0.2, 0.25) is 0 Å². The summed E-state index contributed by atoms with van der Waals surface area (Å²) in [7, 11) is -3.34. The van der Waals surface area contributed by atoms with Gasteiger partial charge in [-0.1, -0.05) is 63.9 Å². The second-order valence-corrected chi connectivity index (χ2v) is 11.8. The van der Waals surface area contributed by atoms with Crippen LogP contribution in [-0.2, 0) is 20.6 Å². The number of hydrogen-bond acceptors (Lipinski definition) is 3. The van der Waals surface area contributed by atoms with Crippen molar-refractivity contribution in [3.8, 4) is 0 Å². The number of sulfonamides is 1. The van der Waals surface area contributed by atoms with Crippen molar-refractivity contribution in [2.75, 3.05) is 13.1 Å². The molecule has 2 atom stereocenters. The van der Waals surface area contributed by atoms with Crippen molar-refractivity contribution in [2.24, 2.45) is 17.3 Å². The summed E-state index contributed by atoms with van der Waals surface area (Å²) in [5.74, 6) is 0.568. The minimum Gasteiger partial charge on any atom is -0.353 e. The molecule has 1 aliphatic heterocycles. The van der Waals surface area contributed by atoms with Gasteiger partial charge in [0.15, 0.2) is 0 Å². The molecule has 1 amide bonds. The third kappa shape index (κ3) is 5.82. The number of carbonyl (C=O) groups is 1. The van der Waals surface area contributed by atoms with E-state index in [0.29, 0.717) is 31.8 Å². The minimum atomic E-state index is -3.34. The van der Waals surface area contributed by atoms with Gasteiger partial charge in [0.2, 0.25) is 15.9 Å². The Labute approximate surface area is 176 Å². The highest BCUT2D eigenvalue weighted by Crippen LogP contribution is 2.38. The predicted molar refractivity (Wildman–Crippen MR) is 117 cm³/mol. The fourth-order valence-corrected chi connectivity index (χ4v) is 6.48. The molecule has 2 aliphatic rings. The molecule has 1 aliphatic carbocycles. The number of piperidine rings is 1. The molecule has 5 nitrogen and oxygen atoms in total. The number of nitrogens with zero attached hydrogens (tertiary/aromatic N) is 1. The second-order valence-electron chi connectivity index (χ2n) is 9.79. The van der Waals surface area contributed by atoms with Gasteiger partial charge in [-0.05, 0) is 42.6 Å². The first-order valence-corrected chi connectivity index (χ1v) is 12.6. The molecule has 29 heavy (non-hydrogen) atoms. The van der Waals surface area contributed by atoms with Gasteiger partial charge in [-0.3, -0.25) is 4.79 Å². The molecule has 1 aromatic rings. The van der Waals surface area contributed by atoms with Crippen LogP contribution in [0.25, 0.3) is 0 Å². The molecule has 0 spiro atoms. The Morgan fingerprint density at radius 3 is 2.28 bits per heavy atom. The molecule has 1 saturated heterocycles. The summed E-state index contributed by atoms with van der Waals surface area (Å²) in [6, 6.07) is 9.53. The van der Waals surface area contributed by atoms with Crippen molar-refractivity contribution >= 4 is 15.9 Å². The molecule has 1 heterocycles. The smallest absolute Gasteiger partial charge is 0.223 e. The normalized spacial score (nSPS) is 24.9. The number of benzene rings is 1. The standard InChI is InChI=1S/C23H36N2O3S/c1-23(2,3)20-11-7-8-12-21(20)24-22(26)19-13-15-25(16-14-19)29(27,28)17-18-9-5-4-6-10-18/h4-6,9-10,19-21H,7-8,11-17H2,1-3H3,(H,24,26). The van der Waals surface area contributed by atoms with E-state index in [0.717, 1.165) is 12.0 Å². The van der Waals surface area contributed by atoms with Crippen LogP contribution in [0, 0.1) is 17.3 Å². The summed E-state index contributed by atoms with van der Waals surface area (Å²) in [4.78, 5) is 12.9. The number of carbonyl (C=O) groups excluding carboxylic acids is 1. The Hall–Kier alpha value is -1.40. The zero-order valence-corrected chi connectivity index (χ0v) is 18.9. The van der Waals surface area contributed by atoms with Crippen molar-refractivity contribution < 1.29 is 13.2 Å². The molecule has 0 aromatic heterocycles. The van der Waals surface area contributed by atoms with Gasteiger partial charge < -0.3 is 5.32 Å². The zero-order chi connectivity index (χ0) is 21.1. The monoisotopic (exact) mass is 420 g/mol. The lowest BCUT2D eigenvalue weighted by Gasteiger charge is -2.41. The van der Waals surface area contributed by atoms with E-state index in [9.17, 15) is 13.2 Å². The number of amides is 1. The van der Waals surface area contributed by atoms with Crippen molar-refractivity contribution in [3.63, 3.8) is 0 Å².